The molecule has 34 heavy (non-hydrogen) atoms. The molecule has 10 heteroatoms. The van der Waals surface area contributed by atoms with Gasteiger partial charge in [-0.25, -0.2) is 17.5 Å². The number of nitrogens with zero attached hydrogens (tertiary/aromatic N) is 3. The van der Waals surface area contributed by atoms with Crippen LogP contribution < -0.4 is 9.46 Å². The third kappa shape index (κ3) is 6.74. The van der Waals surface area contributed by atoms with Crippen LogP contribution in [0.25, 0.3) is 0 Å². The molecule has 2 bridgehead atoms. The van der Waals surface area contributed by atoms with E-state index < -0.39 is 10.0 Å². The smallest absolute Gasteiger partial charge is 0.240 e. The maximum Gasteiger partial charge on any atom is 0.240 e. The quantitative estimate of drug-likeness (QED) is 0.510. The lowest BCUT2D eigenvalue weighted by Gasteiger charge is -2.45. The van der Waals surface area contributed by atoms with E-state index in [1.165, 1.54) is 36.4 Å². The van der Waals surface area contributed by atoms with Crippen LogP contribution in [0.2, 0.25) is 0 Å². The largest absolute Gasteiger partial charge is 0.494 e. The molecule has 0 spiro atoms. The predicted octanol–water partition coefficient (Wildman–Crippen LogP) is 1.83. The Labute approximate surface area is 199 Å². The van der Waals surface area contributed by atoms with Gasteiger partial charge in [-0.15, -0.1) is 0 Å². The lowest BCUT2D eigenvalue weighted by molar-refractivity contribution is -0.138. The second kappa shape index (κ2) is 11.3. The van der Waals surface area contributed by atoms with E-state index in [9.17, 15) is 12.8 Å². The molecule has 0 radical (unpaired) electrons. The summed E-state index contributed by atoms with van der Waals surface area (Å²) in [6, 6.07) is 13.9. The van der Waals surface area contributed by atoms with Crippen molar-refractivity contribution in [1.29, 1.82) is 5.26 Å². The van der Waals surface area contributed by atoms with E-state index in [1.54, 1.807) is 12.1 Å². The third-order valence-corrected chi connectivity index (χ3v) is 7.42. The van der Waals surface area contributed by atoms with Crippen LogP contribution in [0.4, 0.5) is 4.39 Å². The van der Waals surface area contributed by atoms with Crippen molar-refractivity contribution < 1.29 is 22.3 Å². The number of nitriles is 1. The molecule has 2 aliphatic rings. The van der Waals surface area contributed by atoms with E-state index in [2.05, 4.69) is 14.5 Å². The highest BCUT2D eigenvalue weighted by atomic mass is 32.2. The van der Waals surface area contributed by atoms with Gasteiger partial charge in [0.2, 0.25) is 10.0 Å². The van der Waals surface area contributed by atoms with Crippen LogP contribution in [0.1, 0.15) is 12.0 Å². The summed E-state index contributed by atoms with van der Waals surface area (Å²) in [6.07, 6.45) is 1.07. The molecule has 2 atom stereocenters. The normalized spacial score (nSPS) is 21.2. The van der Waals surface area contributed by atoms with E-state index in [1.807, 2.05) is 6.07 Å². The van der Waals surface area contributed by atoms with Gasteiger partial charge in [0.25, 0.3) is 0 Å². The number of morpholine rings is 2. The minimum atomic E-state index is -3.60. The standard InChI is InChI=1S/C24H29FN4O4S/c25-20-4-6-21(7-5-20)32-13-1-11-28-15-22-17-29(18-23(16-28)33-22)12-10-27-34(30,31)24-8-2-19(14-26)3-9-24/h2-9,22-23,27H,1,10-13,15-18H2. The maximum absolute atomic E-state index is 13.0. The summed E-state index contributed by atoms with van der Waals surface area (Å²) in [5.41, 5.74) is 0.424. The van der Waals surface area contributed by atoms with Gasteiger partial charge in [-0.2, -0.15) is 5.26 Å². The lowest BCUT2D eigenvalue weighted by atomic mass is 10.1. The molecular weight excluding hydrogens is 459 g/mol. The van der Waals surface area contributed by atoms with Crippen molar-refractivity contribution in [1.82, 2.24) is 14.5 Å². The first-order valence-corrected chi connectivity index (χ1v) is 12.9. The van der Waals surface area contributed by atoms with Gasteiger partial charge < -0.3 is 9.47 Å². The van der Waals surface area contributed by atoms with Crippen molar-refractivity contribution in [3.63, 3.8) is 0 Å². The molecule has 4 rings (SSSR count). The molecule has 182 valence electrons. The average Bonchev–Trinajstić information content (AvgIpc) is 2.82. The van der Waals surface area contributed by atoms with E-state index in [-0.39, 0.29) is 22.9 Å². The molecule has 2 aromatic rings. The van der Waals surface area contributed by atoms with Gasteiger partial charge in [-0.3, -0.25) is 9.80 Å². The fourth-order valence-electron chi connectivity index (χ4n) is 4.36. The number of hydrogen-bond acceptors (Lipinski definition) is 7. The molecule has 2 aliphatic heterocycles. The van der Waals surface area contributed by atoms with Crippen LogP contribution in [0.15, 0.2) is 53.4 Å². The lowest BCUT2D eigenvalue weighted by Crippen LogP contribution is -2.60. The van der Waals surface area contributed by atoms with E-state index >= 15 is 0 Å². The second-order valence-corrected chi connectivity index (χ2v) is 10.4. The highest BCUT2D eigenvalue weighted by Gasteiger charge is 2.34. The first kappa shape index (κ1) is 24.6. The molecule has 1 N–H and O–H groups in total. The first-order chi connectivity index (χ1) is 16.4. The summed E-state index contributed by atoms with van der Waals surface area (Å²) < 4.78 is 52.3. The zero-order valence-electron chi connectivity index (χ0n) is 18.9. The van der Waals surface area contributed by atoms with Gasteiger partial charge in [0.15, 0.2) is 0 Å². The first-order valence-electron chi connectivity index (χ1n) is 11.4. The van der Waals surface area contributed by atoms with Crippen molar-refractivity contribution in [2.45, 2.75) is 23.5 Å². The van der Waals surface area contributed by atoms with Gasteiger partial charge >= 0.3 is 0 Å². The van der Waals surface area contributed by atoms with Gasteiger partial charge in [-0.05, 0) is 55.0 Å². The number of fused-ring (bicyclic) bond motifs is 2. The Morgan fingerprint density at radius 1 is 1.00 bits per heavy atom. The Morgan fingerprint density at radius 2 is 1.62 bits per heavy atom. The molecule has 2 heterocycles. The molecule has 2 fully saturated rings. The highest BCUT2D eigenvalue weighted by molar-refractivity contribution is 7.89. The molecule has 0 saturated carbocycles. The SMILES string of the molecule is N#Cc1ccc(S(=O)(=O)NCCN2CC3CN(CCCOc4ccc(F)cc4)CC(C2)O3)cc1. The van der Waals surface area contributed by atoms with Crippen molar-refractivity contribution in [3.8, 4) is 11.8 Å². The molecule has 2 aromatic carbocycles. The van der Waals surface area contributed by atoms with E-state index in [0.29, 0.717) is 31.0 Å². The average molecular weight is 489 g/mol. The van der Waals surface area contributed by atoms with Crippen molar-refractivity contribution in [3.05, 3.63) is 59.9 Å². The van der Waals surface area contributed by atoms with Crippen molar-refractivity contribution >= 4 is 10.0 Å². The minimum absolute atomic E-state index is 0.0978. The number of sulfonamides is 1. The molecule has 8 nitrogen and oxygen atoms in total. The molecule has 0 amide bonds. The molecule has 2 saturated heterocycles. The third-order valence-electron chi connectivity index (χ3n) is 5.95. The number of hydrogen-bond donors (Lipinski definition) is 1. The molecule has 2 unspecified atom stereocenters. The minimum Gasteiger partial charge on any atom is -0.494 e. The summed E-state index contributed by atoms with van der Waals surface area (Å²) in [4.78, 5) is 4.79. The summed E-state index contributed by atoms with van der Waals surface area (Å²) in [5, 5.41) is 8.86. The molecule has 0 aromatic heterocycles. The fraction of sp³-hybridized carbons (Fsp3) is 0.458. The van der Waals surface area contributed by atoms with Crippen LogP contribution in [0.3, 0.4) is 0 Å². The van der Waals surface area contributed by atoms with Gasteiger partial charge in [0.05, 0.1) is 35.3 Å². The number of rotatable bonds is 10. The monoisotopic (exact) mass is 488 g/mol. The van der Waals surface area contributed by atoms with Crippen LogP contribution in [0.5, 0.6) is 5.75 Å². The summed E-state index contributed by atoms with van der Waals surface area (Å²) in [7, 11) is -3.60. The molecular formula is C24H29FN4O4S. The van der Waals surface area contributed by atoms with Crippen LogP contribution in [-0.4, -0.2) is 82.8 Å². The van der Waals surface area contributed by atoms with E-state index in [0.717, 1.165) is 39.1 Å². The van der Waals surface area contributed by atoms with Crippen molar-refractivity contribution in [2.24, 2.45) is 0 Å². The molecule has 0 aliphatic carbocycles. The Morgan fingerprint density at radius 3 is 2.24 bits per heavy atom. The van der Waals surface area contributed by atoms with E-state index in [4.69, 9.17) is 14.7 Å². The fourth-order valence-corrected chi connectivity index (χ4v) is 5.39. The zero-order chi connectivity index (χ0) is 24.0. The summed E-state index contributed by atoms with van der Waals surface area (Å²) >= 11 is 0. The highest BCUT2D eigenvalue weighted by Crippen LogP contribution is 2.19. The van der Waals surface area contributed by atoms with Crippen LogP contribution >= 0.6 is 0 Å². The predicted molar refractivity (Wildman–Crippen MR) is 124 cm³/mol. The Kier molecular flexibility index (Phi) is 8.13. The number of benzene rings is 2. The second-order valence-electron chi connectivity index (χ2n) is 8.59. The van der Waals surface area contributed by atoms with Crippen molar-refractivity contribution in [2.75, 3.05) is 52.4 Å². The number of ether oxygens (including phenoxy) is 2. The number of halogens is 1. The summed E-state index contributed by atoms with van der Waals surface area (Å²) in [5.74, 6) is 0.399. The topological polar surface area (TPSA) is 94.9 Å². The maximum atomic E-state index is 13.0. The Hall–Kier alpha value is -2.55. The van der Waals surface area contributed by atoms with Gasteiger partial charge in [0, 0.05) is 45.8 Å². The Bertz CT molecular complexity index is 1080. The number of nitrogens with one attached hydrogen (secondary N) is 1. The Balaban J connectivity index is 1.16. The summed E-state index contributed by atoms with van der Waals surface area (Å²) in [6.45, 7) is 5.59. The van der Waals surface area contributed by atoms with Gasteiger partial charge in [-0.1, -0.05) is 0 Å². The van der Waals surface area contributed by atoms with Crippen LogP contribution in [0, 0.1) is 17.1 Å². The van der Waals surface area contributed by atoms with Gasteiger partial charge in [0.1, 0.15) is 11.6 Å². The van der Waals surface area contributed by atoms with Crippen LogP contribution in [-0.2, 0) is 14.8 Å². The zero-order valence-corrected chi connectivity index (χ0v) is 19.7.